The number of benzene rings is 1. The Morgan fingerprint density at radius 1 is 1.31 bits per heavy atom. The number of nitrogens with one attached hydrogen (secondary N) is 1. The van der Waals surface area contributed by atoms with Gasteiger partial charge in [0.2, 0.25) is 0 Å². The minimum absolute atomic E-state index is 0.394. The largest absolute Gasteiger partial charge is 0.491 e. The van der Waals surface area contributed by atoms with Crippen LogP contribution in [-0.2, 0) is 4.74 Å². The highest BCUT2D eigenvalue weighted by Gasteiger charge is 2.06. The van der Waals surface area contributed by atoms with Gasteiger partial charge in [0, 0.05) is 13.2 Å². The van der Waals surface area contributed by atoms with E-state index < -0.39 is 0 Å². The van der Waals surface area contributed by atoms with Gasteiger partial charge in [0.05, 0.1) is 6.61 Å². The van der Waals surface area contributed by atoms with Crippen molar-refractivity contribution in [2.24, 2.45) is 0 Å². The van der Waals surface area contributed by atoms with Gasteiger partial charge in [-0.25, -0.2) is 0 Å². The van der Waals surface area contributed by atoms with E-state index in [-0.39, 0.29) is 0 Å². The van der Waals surface area contributed by atoms with E-state index in [2.05, 4.69) is 24.4 Å². The number of methoxy groups -OCH3 is 1. The minimum atomic E-state index is 0.394. The van der Waals surface area contributed by atoms with E-state index in [1.165, 1.54) is 5.56 Å². The van der Waals surface area contributed by atoms with Crippen molar-refractivity contribution in [3.8, 4) is 5.75 Å². The molecule has 0 aromatic heterocycles. The van der Waals surface area contributed by atoms with Crippen LogP contribution in [0.2, 0.25) is 0 Å². The quantitative estimate of drug-likeness (QED) is 0.720. The van der Waals surface area contributed by atoms with Crippen molar-refractivity contribution in [3.05, 3.63) is 29.8 Å². The van der Waals surface area contributed by atoms with Gasteiger partial charge >= 0.3 is 0 Å². The molecular weight excluding hydrogens is 202 g/mol. The maximum absolute atomic E-state index is 5.57. The van der Waals surface area contributed by atoms with Crippen LogP contribution in [0, 0.1) is 0 Å². The van der Waals surface area contributed by atoms with E-state index in [1.807, 2.05) is 19.2 Å². The van der Waals surface area contributed by atoms with Crippen LogP contribution in [0.25, 0.3) is 0 Å². The molecule has 0 fully saturated rings. The fourth-order valence-corrected chi connectivity index (χ4v) is 1.67. The molecule has 0 amide bonds. The van der Waals surface area contributed by atoms with Crippen LogP contribution >= 0.6 is 0 Å². The average Bonchev–Trinajstić information content (AvgIpc) is 2.32. The SMILES string of the molecule is CCC(NC)c1cccc(OCCOC)c1. The molecule has 0 aliphatic heterocycles. The lowest BCUT2D eigenvalue weighted by Gasteiger charge is -2.15. The van der Waals surface area contributed by atoms with Crippen molar-refractivity contribution in [1.29, 1.82) is 0 Å². The summed E-state index contributed by atoms with van der Waals surface area (Å²) in [6.45, 7) is 3.38. The van der Waals surface area contributed by atoms with E-state index in [1.54, 1.807) is 7.11 Å². The summed E-state index contributed by atoms with van der Waals surface area (Å²) < 4.78 is 10.5. The number of hydrogen-bond acceptors (Lipinski definition) is 3. The highest BCUT2D eigenvalue weighted by molar-refractivity contribution is 5.30. The van der Waals surface area contributed by atoms with Crippen molar-refractivity contribution in [2.75, 3.05) is 27.4 Å². The van der Waals surface area contributed by atoms with Crippen LogP contribution in [0.4, 0.5) is 0 Å². The van der Waals surface area contributed by atoms with E-state index in [0.717, 1.165) is 12.2 Å². The fourth-order valence-electron chi connectivity index (χ4n) is 1.67. The normalized spacial score (nSPS) is 12.4. The second-order valence-corrected chi connectivity index (χ2v) is 3.66. The van der Waals surface area contributed by atoms with Gasteiger partial charge in [0.25, 0.3) is 0 Å². The molecule has 1 unspecified atom stereocenters. The smallest absolute Gasteiger partial charge is 0.119 e. The Morgan fingerprint density at radius 3 is 2.75 bits per heavy atom. The van der Waals surface area contributed by atoms with Gasteiger partial charge in [0.15, 0.2) is 0 Å². The van der Waals surface area contributed by atoms with Gasteiger partial charge < -0.3 is 14.8 Å². The highest BCUT2D eigenvalue weighted by Crippen LogP contribution is 2.21. The lowest BCUT2D eigenvalue weighted by molar-refractivity contribution is 0.146. The maximum atomic E-state index is 5.57. The van der Waals surface area contributed by atoms with E-state index in [9.17, 15) is 0 Å². The second kappa shape index (κ2) is 7.25. The molecule has 1 N–H and O–H groups in total. The Kier molecular flexibility index (Phi) is 5.90. The Morgan fingerprint density at radius 2 is 2.12 bits per heavy atom. The van der Waals surface area contributed by atoms with Gasteiger partial charge in [-0.2, -0.15) is 0 Å². The molecule has 1 aromatic rings. The molecule has 0 saturated carbocycles. The Bertz CT molecular complexity index is 298. The third-order valence-corrected chi connectivity index (χ3v) is 2.57. The molecule has 3 nitrogen and oxygen atoms in total. The first-order valence-corrected chi connectivity index (χ1v) is 5.70. The van der Waals surface area contributed by atoms with Crippen LogP contribution < -0.4 is 10.1 Å². The predicted molar refractivity (Wildman–Crippen MR) is 65.9 cm³/mol. The molecule has 1 aromatic carbocycles. The van der Waals surface area contributed by atoms with E-state index in [0.29, 0.717) is 19.3 Å². The van der Waals surface area contributed by atoms with Gasteiger partial charge in [-0.1, -0.05) is 19.1 Å². The monoisotopic (exact) mass is 223 g/mol. The predicted octanol–water partition coefficient (Wildman–Crippen LogP) is 2.38. The summed E-state index contributed by atoms with van der Waals surface area (Å²) in [7, 11) is 3.65. The molecule has 1 atom stereocenters. The van der Waals surface area contributed by atoms with Crippen molar-refractivity contribution in [2.45, 2.75) is 19.4 Å². The molecule has 90 valence electrons. The highest BCUT2D eigenvalue weighted by atomic mass is 16.5. The Balaban J connectivity index is 2.62. The third kappa shape index (κ3) is 3.83. The van der Waals surface area contributed by atoms with Gasteiger partial charge in [0.1, 0.15) is 12.4 Å². The molecule has 1 rings (SSSR count). The standard InChI is InChI=1S/C13H21NO2/c1-4-13(14-2)11-6-5-7-12(10-11)16-9-8-15-3/h5-7,10,13-14H,4,8-9H2,1-3H3. The van der Waals surface area contributed by atoms with Crippen molar-refractivity contribution >= 4 is 0 Å². The summed E-state index contributed by atoms with van der Waals surface area (Å²) in [5, 5.41) is 3.28. The lowest BCUT2D eigenvalue weighted by atomic mass is 10.0. The van der Waals surface area contributed by atoms with E-state index >= 15 is 0 Å². The van der Waals surface area contributed by atoms with Gasteiger partial charge in [-0.15, -0.1) is 0 Å². The molecule has 0 bridgehead atoms. The Labute approximate surface area is 97.8 Å². The van der Waals surface area contributed by atoms with E-state index in [4.69, 9.17) is 9.47 Å². The molecule has 0 saturated heterocycles. The van der Waals surface area contributed by atoms with Crippen molar-refractivity contribution in [1.82, 2.24) is 5.32 Å². The topological polar surface area (TPSA) is 30.5 Å². The first-order valence-electron chi connectivity index (χ1n) is 5.70. The first-order chi connectivity index (χ1) is 7.81. The molecule has 0 radical (unpaired) electrons. The molecule has 0 aliphatic carbocycles. The molecule has 0 aliphatic rings. The summed E-state index contributed by atoms with van der Waals surface area (Å²) in [4.78, 5) is 0. The zero-order chi connectivity index (χ0) is 11.8. The summed E-state index contributed by atoms with van der Waals surface area (Å²) in [5.74, 6) is 0.906. The Hall–Kier alpha value is -1.06. The average molecular weight is 223 g/mol. The number of ether oxygens (including phenoxy) is 2. The summed E-state index contributed by atoms with van der Waals surface area (Å²) in [6.07, 6.45) is 1.07. The van der Waals surface area contributed by atoms with Crippen LogP contribution in [0.3, 0.4) is 0 Å². The molecule has 0 heterocycles. The van der Waals surface area contributed by atoms with Crippen molar-refractivity contribution in [3.63, 3.8) is 0 Å². The van der Waals surface area contributed by atoms with Crippen molar-refractivity contribution < 1.29 is 9.47 Å². The summed E-state index contributed by atoms with van der Waals surface area (Å²) in [5.41, 5.74) is 1.26. The molecular formula is C13H21NO2. The van der Waals surface area contributed by atoms with Crippen LogP contribution in [0.15, 0.2) is 24.3 Å². The molecule has 3 heteroatoms. The van der Waals surface area contributed by atoms with Crippen LogP contribution in [0.1, 0.15) is 24.9 Å². The van der Waals surface area contributed by atoms with Gasteiger partial charge in [-0.3, -0.25) is 0 Å². The molecule has 16 heavy (non-hydrogen) atoms. The number of hydrogen-bond donors (Lipinski definition) is 1. The lowest BCUT2D eigenvalue weighted by Crippen LogP contribution is -2.15. The summed E-state index contributed by atoms with van der Waals surface area (Å²) in [6, 6.07) is 8.60. The van der Waals surface area contributed by atoms with Crippen LogP contribution in [-0.4, -0.2) is 27.4 Å². The minimum Gasteiger partial charge on any atom is -0.491 e. The first kappa shape index (κ1) is 13.0. The third-order valence-electron chi connectivity index (χ3n) is 2.57. The summed E-state index contributed by atoms with van der Waals surface area (Å²) >= 11 is 0. The molecule has 0 spiro atoms. The zero-order valence-corrected chi connectivity index (χ0v) is 10.3. The maximum Gasteiger partial charge on any atom is 0.119 e. The van der Waals surface area contributed by atoms with Gasteiger partial charge in [-0.05, 0) is 31.2 Å². The zero-order valence-electron chi connectivity index (χ0n) is 10.3. The number of rotatable bonds is 7. The second-order valence-electron chi connectivity index (χ2n) is 3.66. The van der Waals surface area contributed by atoms with Crippen LogP contribution in [0.5, 0.6) is 5.75 Å². The fraction of sp³-hybridized carbons (Fsp3) is 0.538.